The summed E-state index contributed by atoms with van der Waals surface area (Å²) in [7, 11) is -2.98. The topological polar surface area (TPSA) is 64.8 Å². The van der Waals surface area contributed by atoms with Crippen LogP contribution in [0.2, 0.25) is 0 Å². The van der Waals surface area contributed by atoms with Crippen molar-refractivity contribution in [3.8, 4) is 5.69 Å². The van der Waals surface area contributed by atoms with Crippen LogP contribution in [0.3, 0.4) is 0 Å². The fourth-order valence-electron chi connectivity index (χ4n) is 3.51. The molecular weight excluding hydrogens is 334 g/mol. The average molecular weight is 359 g/mol. The monoisotopic (exact) mass is 359 g/mol. The predicted octanol–water partition coefficient (Wildman–Crippen LogP) is 3.07. The Morgan fingerprint density at radius 1 is 1.20 bits per heavy atom. The molecule has 0 radical (unpaired) electrons. The molecule has 2 aromatic rings. The van der Waals surface area contributed by atoms with E-state index in [9.17, 15) is 8.42 Å². The van der Waals surface area contributed by atoms with E-state index in [0.717, 1.165) is 49.4 Å². The van der Waals surface area contributed by atoms with Gasteiger partial charge in [0.25, 0.3) is 0 Å². The van der Waals surface area contributed by atoms with E-state index < -0.39 is 9.84 Å². The van der Waals surface area contributed by atoms with Gasteiger partial charge < -0.3 is 0 Å². The van der Waals surface area contributed by atoms with E-state index in [2.05, 4.69) is 31.2 Å². The van der Waals surface area contributed by atoms with Crippen molar-refractivity contribution in [3.63, 3.8) is 0 Å². The van der Waals surface area contributed by atoms with Crippen LogP contribution < -0.4 is 0 Å². The highest BCUT2D eigenvalue weighted by molar-refractivity contribution is 7.90. The Hall–Kier alpha value is -1.69. The second kappa shape index (κ2) is 5.94. The van der Waals surface area contributed by atoms with E-state index in [4.69, 9.17) is 10.1 Å². The molecule has 6 heteroatoms. The number of rotatable bonds is 7. The minimum absolute atomic E-state index is 0.136. The van der Waals surface area contributed by atoms with Gasteiger partial charge in [-0.25, -0.2) is 18.1 Å². The van der Waals surface area contributed by atoms with Crippen LogP contribution in [-0.2, 0) is 22.7 Å². The number of aryl methyl sites for hydroxylation is 1. The quantitative estimate of drug-likeness (QED) is 0.762. The maximum absolute atomic E-state index is 11.8. The Labute approximate surface area is 149 Å². The second-order valence-electron chi connectivity index (χ2n) is 7.84. The molecule has 0 unspecified atom stereocenters. The first-order valence-corrected chi connectivity index (χ1v) is 11.2. The van der Waals surface area contributed by atoms with Crippen molar-refractivity contribution >= 4 is 9.84 Å². The number of benzene rings is 1. The molecule has 4 rings (SSSR count). The lowest BCUT2D eigenvalue weighted by Gasteiger charge is -2.14. The summed E-state index contributed by atoms with van der Waals surface area (Å²) in [5.41, 5.74) is 2.17. The summed E-state index contributed by atoms with van der Waals surface area (Å²) in [4.78, 5) is 4.80. The van der Waals surface area contributed by atoms with Crippen LogP contribution in [0.1, 0.15) is 55.7 Å². The van der Waals surface area contributed by atoms with Crippen LogP contribution in [0.25, 0.3) is 5.69 Å². The molecule has 1 aromatic heterocycles. The van der Waals surface area contributed by atoms with Gasteiger partial charge >= 0.3 is 0 Å². The van der Waals surface area contributed by atoms with Gasteiger partial charge in [-0.2, -0.15) is 5.10 Å². The van der Waals surface area contributed by atoms with Crippen LogP contribution in [0, 0.1) is 5.41 Å². The van der Waals surface area contributed by atoms with Gasteiger partial charge in [0.2, 0.25) is 0 Å². The highest BCUT2D eigenvalue weighted by Crippen LogP contribution is 2.49. The Kier molecular flexibility index (Phi) is 3.98. The first kappa shape index (κ1) is 16.8. The zero-order chi connectivity index (χ0) is 17.7. The number of nitrogens with zero attached hydrogens (tertiary/aromatic N) is 3. The maximum atomic E-state index is 11.8. The largest absolute Gasteiger partial charge is 0.229 e. The van der Waals surface area contributed by atoms with Gasteiger partial charge in [-0.15, -0.1) is 0 Å². The van der Waals surface area contributed by atoms with Crippen molar-refractivity contribution in [1.29, 1.82) is 0 Å². The summed E-state index contributed by atoms with van der Waals surface area (Å²) in [6, 6.07) is 8.43. The van der Waals surface area contributed by atoms with E-state index >= 15 is 0 Å². The first-order chi connectivity index (χ1) is 11.9. The summed E-state index contributed by atoms with van der Waals surface area (Å²) in [6.07, 6.45) is 7.27. The van der Waals surface area contributed by atoms with Gasteiger partial charge in [0, 0.05) is 18.6 Å². The van der Waals surface area contributed by atoms with Crippen LogP contribution in [0.15, 0.2) is 24.3 Å². The lowest BCUT2D eigenvalue weighted by Crippen LogP contribution is -2.20. The Bertz CT molecular complexity index is 876. The van der Waals surface area contributed by atoms with Crippen molar-refractivity contribution in [2.24, 2.45) is 5.41 Å². The summed E-state index contributed by atoms with van der Waals surface area (Å²) in [6.45, 7) is 2.14. The van der Waals surface area contributed by atoms with Gasteiger partial charge in [0.15, 0.2) is 5.82 Å². The maximum Gasteiger partial charge on any atom is 0.154 e. The molecular formula is C19H25N3O2S. The van der Waals surface area contributed by atoms with Crippen molar-refractivity contribution < 1.29 is 8.42 Å². The summed E-state index contributed by atoms with van der Waals surface area (Å²) in [5, 5.41) is 4.76. The first-order valence-electron chi connectivity index (χ1n) is 9.10. The molecule has 0 atom stereocenters. The van der Waals surface area contributed by atoms with Crippen LogP contribution in [0.4, 0.5) is 0 Å². The highest BCUT2D eigenvalue weighted by atomic mass is 32.2. The average Bonchev–Trinajstić information content (AvgIpc) is 3.47. The van der Waals surface area contributed by atoms with Crippen molar-refractivity contribution in [1.82, 2.24) is 14.8 Å². The molecule has 2 saturated carbocycles. The Balaban J connectivity index is 1.66. The summed E-state index contributed by atoms with van der Waals surface area (Å²) >= 11 is 0. The van der Waals surface area contributed by atoms with Crippen molar-refractivity contribution in [2.75, 3.05) is 12.0 Å². The van der Waals surface area contributed by atoms with Crippen LogP contribution in [-0.4, -0.2) is 35.2 Å². The molecule has 5 nitrogen and oxygen atoms in total. The van der Waals surface area contributed by atoms with Gasteiger partial charge in [0.1, 0.15) is 15.7 Å². The lowest BCUT2D eigenvalue weighted by atomic mass is 10.0. The molecule has 2 fully saturated rings. The SMILES string of the molecule is CCc1ccc(-n2nc(C3CC3)nc2CC2(CS(C)(=O)=O)CC2)cc1. The molecule has 1 aromatic carbocycles. The lowest BCUT2D eigenvalue weighted by molar-refractivity contribution is 0.522. The normalized spacial score (nSPS) is 19.1. The number of aromatic nitrogens is 3. The molecule has 25 heavy (non-hydrogen) atoms. The molecule has 134 valence electrons. The van der Waals surface area contributed by atoms with E-state index in [1.807, 2.05) is 4.68 Å². The number of sulfone groups is 1. The van der Waals surface area contributed by atoms with Crippen LogP contribution in [0.5, 0.6) is 0 Å². The Morgan fingerprint density at radius 2 is 1.88 bits per heavy atom. The van der Waals surface area contributed by atoms with Gasteiger partial charge in [-0.05, 0) is 55.2 Å². The predicted molar refractivity (Wildman–Crippen MR) is 97.8 cm³/mol. The molecule has 0 saturated heterocycles. The molecule has 0 bridgehead atoms. The summed E-state index contributed by atoms with van der Waals surface area (Å²) < 4.78 is 25.5. The number of hydrogen-bond donors (Lipinski definition) is 0. The fraction of sp³-hybridized carbons (Fsp3) is 0.579. The smallest absolute Gasteiger partial charge is 0.154 e. The van der Waals surface area contributed by atoms with Gasteiger partial charge in [-0.3, -0.25) is 0 Å². The van der Waals surface area contributed by atoms with Gasteiger partial charge in [0.05, 0.1) is 11.4 Å². The zero-order valence-corrected chi connectivity index (χ0v) is 15.7. The van der Waals surface area contributed by atoms with Crippen molar-refractivity contribution in [2.45, 2.75) is 51.4 Å². The fourth-order valence-corrected chi connectivity index (χ4v) is 5.01. The van der Waals surface area contributed by atoms with E-state index in [0.29, 0.717) is 12.3 Å². The van der Waals surface area contributed by atoms with Gasteiger partial charge in [-0.1, -0.05) is 19.1 Å². The number of hydrogen-bond acceptors (Lipinski definition) is 4. The molecule has 0 aliphatic heterocycles. The second-order valence-corrected chi connectivity index (χ2v) is 9.98. The third-order valence-electron chi connectivity index (χ3n) is 5.28. The van der Waals surface area contributed by atoms with Crippen molar-refractivity contribution in [3.05, 3.63) is 41.5 Å². The summed E-state index contributed by atoms with van der Waals surface area (Å²) in [5.74, 6) is 2.57. The van der Waals surface area contributed by atoms with E-state index in [1.54, 1.807) is 0 Å². The standard InChI is InChI=1S/C19H25N3O2S/c1-3-14-4-8-16(9-5-14)22-17(20-18(21-22)15-6-7-15)12-19(10-11-19)13-25(2,23)24/h4-5,8-9,15H,3,6-7,10-13H2,1-2H3. The van der Waals surface area contributed by atoms with E-state index in [1.165, 1.54) is 11.8 Å². The third-order valence-corrected chi connectivity index (χ3v) is 6.42. The highest BCUT2D eigenvalue weighted by Gasteiger charge is 2.46. The molecule has 0 N–H and O–H groups in total. The molecule has 2 aliphatic carbocycles. The Morgan fingerprint density at radius 3 is 2.40 bits per heavy atom. The minimum atomic E-state index is -2.98. The minimum Gasteiger partial charge on any atom is -0.229 e. The van der Waals surface area contributed by atoms with E-state index in [-0.39, 0.29) is 11.2 Å². The van der Waals surface area contributed by atoms with Crippen LogP contribution >= 0.6 is 0 Å². The molecule has 0 amide bonds. The third kappa shape index (κ3) is 3.78. The molecule has 2 aliphatic rings. The zero-order valence-electron chi connectivity index (χ0n) is 14.9. The molecule has 1 heterocycles. The molecule has 0 spiro atoms.